The Morgan fingerprint density at radius 2 is 1.71 bits per heavy atom. The maximum atomic E-state index is 13.5. The van der Waals surface area contributed by atoms with Crippen molar-refractivity contribution in [3.05, 3.63) is 99.3 Å². The molecule has 4 aromatic rings. The number of aryl methyl sites for hydroxylation is 2. The molecule has 0 unspecified atom stereocenters. The lowest BCUT2D eigenvalue weighted by Crippen LogP contribution is -2.23. The molecular formula is C30H30N2O2S. The van der Waals surface area contributed by atoms with Gasteiger partial charge in [-0.3, -0.25) is 14.2 Å². The van der Waals surface area contributed by atoms with Gasteiger partial charge in [0.25, 0.3) is 5.56 Å². The summed E-state index contributed by atoms with van der Waals surface area (Å²) >= 11 is 1.32. The maximum Gasteiger partial charge on any atom is 0.266 e. The molecule has 1 aliphatic carbocycles. The van der Waals surface area contributed by atoms with Crippen molar-refractivity contribution >= 4 is 28.4 Å². The number of rotatable bonds is 6. The van der Waals surface area contributed by atoms with E-state index in [1.165, 1.54) is 49.4 Å². The van der Waals surface area contributed by atoms with Gasteiger partial charge >= 0.3 is 0 Å². The standard InChI is InChI=1S/C30H30N2O2S/c1-20-12-17-27(21(2)18-20)32-29(34)25-10-6-7-11-26(25)31-30(32)35-19-28(33)24-15-13-23(14-16-24)22-8-4-3-5-9-22/h6-7,10-18,22H,3-5,8-9,19H2,1-2H3. The SMILES string of the molecule is Cc1ccc(-n2c(SCC(=O)c3ccc(C4CCCCC4)cc3)nc3ccccc3c2=O)c(C)c1. The Bertz CT molecular complexity index is 1430. The highest BCUT2D eigenvalue weighted by Crippen LogP contribution is 2.33. The zero-order valence-electron chi connectivity index (χ0n) is 20.3. The van der Waals surface area contributed by atoms with E-state index in [0.29, 0.717) is 27.5 Å². The number of carbonyl (C=O) groups is 1. The highest BCUT2D eigenvalue weighted by Gasteiger charge is 2.18. The number of fused-ring (bicyclic) bond motifs is 1. The summed E-state index contributed by atoms with van der Waals surface area (Å²) in [4.78, 5) is 31.4. The van der Waals surface area contributed by atoms with Crippen LogP contribution in [0.2, 0.25) is 0 Å². The molecule has 1 aromatic heterocycles. The molecule has 4 nitrogen and oxygen atoms in total. The van der Waals surface area contributed by atoms with Gasteiger partial charge in [-0.25, -0.2) is 4.98 Å². The number of Topliss-reactive ketones (excluding diaryl/α,β-unsaturated/α-hetero) is 1. The predicted octanol–water partition coefficient (Wildman–Crippen LogP) is 7.03. The molecule has 0 N–H and O–H groups in total. The van der Waals surface area contributed by atoms with E-state index in [4.69, 9.17) is 4.98 Å². The fraction of sp³-hybridized carbons (Fsp3) is 0.300. The first-order valence-electron chi connectivity index (χ1n) is 12.4. The minimum atomic E-state index is -0.116. The van der Waals surface area contributed by atoms with Crippen molar-refractivity contribution in [2.45, 2.75) is 57.0 Å². The summed E-state index contributed by atoms with van der Waals surface area (Å²) in [7, 11) is 0. The van der Waals surface area contributed by atoms with Gasteiger partial charge in [-0.1, -0.05) is 85.1 Å². The van der Waals surface area contributed by atoms with Gasteiger partial charge in [-0.15, -0.1) is 0 Å². The van der Waals surface area contributed by atoms with E-state index in [0.717, 1.165) is 16.8 Å². The van der Waals surface area contributed by atoms with Crippen LogP contribution in [0.5, 0.6) is 0 Å². The third-order valence-corrected chi connectivity index (χ3v) is 7.92. The average molecular weight is 483 g/mol. The Balaban J connectivity index is 1.43. The first-order chi connectivity index (χ1) is 17.0. The molecule has 5 rings (SSSR count). The molecule has 178 valence electrons. The summed E-state index contributed by atoms with van der Waals surface area (Å²) in [5.41, 5.74) is 5.50. The number of thioether (sulfide) groups is 1. The third kappa shape index (κ3) is 4.96. The summed E-state index contributed by atoms with van der Waals surface area (Å²) in [5, 5.41) is 1.11. The van der Waals surface area contributed by atoms with Gasteiger partial charge in [-0.05, 0) is 61.9 Å². The molecule has 1 fully saturated rings. The van der Waals surface area contributed by atoms with Crippen LogP contribution in [-0.2, 0) is 0 Å². The van der Waals surface area contributed by atoms with E-state index < -0.39 is 0 Å². The number of nitrogens with zero attached hydrogens (tertiary/aromatic N) is 2. The zero-order valence-corrected chi connectivity index (χ0v) is 21.1. The molecule has 5 heteroatoms. The van der Waals surface area contributed by atoms with Crippen molar-refractivity contribution in [3.63, 3.8) is 0 Å². The number of aromatic nitrogens is 2. The first kappa shape index (κ1) is 23.6. The molecule has 1 aliphatic rings. The molecule has 0 aliphatic heterocycles. The lowest BCUT2D eigenvalue weighted by atomic mass is 9.84. The highest BCUT2D eigenvalue weighted by atomic mass is 32.2. The van der Waals surface area contributed by atoms with Gasteiger partial charge in [0.2, 0.25) is 0 Å². The van der Waals surface area contributed by atoms with Crippen LogP contribution >= 0.6 is 11.8 Å². The van der Waals surface area contributed by atoms with Crippen LogP contribution in [0, 0.1) is 13.8 Å². The van der Waals surface area contributed by atoms with Gasteiger partial charge in [0.15, 0.2) is 10.9 Å². The van der Waals surface area contributed by atoms with Crippen LogP contribution in [0.4, 0.5) is 0 Å². The van der Waals surface area contributed by atoms with Crippen molar-refractivity contribution in [1.29, 1.82) is 0 Å². The monoisotopic (exact) mass is 482 g/mol. The third-order valence-electron chi connectivity index (χ3n) is 6.98. The minimum Gasteiger partial charge on any atom is -0.293 e. The number of hydrogen-bond donors (Lipinski definition) is 0. The van der Waals surface area contributed by atoms with E-state index in [1.54, 1.807) is 10.6 Å². The Morgan fingerprint density at radius 3 is 2.46 bits per heavy atom. The zero-order chi connectivity index (χ0) is 24.4. The molecule has 0 bridgehead atoms. The Kier molecular flexibility index (Phi) is 6.87. The fourth-order valence-corrected chi connectivity index (χ4v) is 5.97. The Hall–Kier alpha value is -3.18. The molecular weight excluding hydrogens is 452 g/mol. The molecule has 35 heavy (non-hydrogen) atoms. The quantitative estimate of drug-likeness (QED) is 0.168. The van der Waals surface area contributed by atoms with Crippen molar-refractivity contribution in [3.8, 4) is 5.69 Å². The number of ketones is 1. The van der Waals surface area contributed by atoms with Crippen LogP contribution in [-0.4, -0.2) is 21.1 Å². The van der Waals surface area contributed by atoms with Crippen molar-refractivity contribution < 1.29 is 4.79 Å². The lowest BCUT2D eigenvalue weighted by Gasteiger charge is -2.22. The molecule has 0 amide bonds. The predicted molar refractivity (Wildman–Crippen MR) is 144 cm³/mol. The molecule has 3 aromatic carbocycles. The van der Waals surface area contributed by atoms with Crippen LogP contribution in [0.3, 0.4) is 0 Å². The van der Waals surface area contributed by atoms with Crippen molar-refractivity contribution in [2.75, 3.05) is 5.75 Å². The molecule has 0 radical (unpaired) electrons. The van der Waals surface area contributed by atoms with E-state index in [1.807, 2.05) is 56.3 Å². The summed E-state index contributed by atoms with van der Waals surface area (Å²) < 4.78 is 1.65. The molecule has 1 heterocycles. The van der Waals surface area contributed by atoms with E-state index >= 15 is 0 Å². The molecule has 0 atom stereocenters. The summed E-state index contributed by atoms with van der Waals surface area (Å²) in [6.45, 7) is 4.03. The summed E-state index contributed by atoms with van der Waals surface area (Å²) in [6.07, 6.45) is 6.41. The fourth-order valence-electron chi connectivity index (χ4n) is 5.07. The highest BCUT2D eigenvalue weighted by molar-refractivity contribution is 7.99. The topological polar surface area (TPSA) is 52.0 Å². The number of benzene rings is 3. The number of hydrogen-bond acceptors (Lipinski definition) is 4. The van der Waals surface area contributed by atoms with Gasteiger partial charge in [0, 0.05) is 5.56 Å². The van der Waals surface area contributed by atoms with Gasteiger partial charge in [-0.2, -0.15) is 0 Å². The van der Waals surface area contributed by atoms with Gasteiger partial charge in [0.1, 0.15) is 0 Å². The first-order valence-corrected chi connectivity index (χ1v) is 13.4. The summed E-state index contributed by atoms with van der Waals surface area (Å²) in [5.74, 6) is 0.884. The normalized spacial score (nSPS) is 14.3. The second-order valence-corrected chi connectivity index (χ2v) is 10.5. The smallest absolute Gasteiger partial charge is 0.266 e. The second-order valence-electron chi connectivity index (χ2n) is 9.51. The molecule has 1 saturated carbocycles. The van der Waals surface area contributed by atoms with Crippen molar-refractivity contribution in [2.24, 2.45) is 0 Å². The second kappa shape index (κ2) is 10.2. The minimum absolute atomic E-state index is 0.0415. The largest absolute Gasteiger partial charge is 0.293 e. The van der Waals surface area contributed by atoms with Crippen LogP contribution in [0.15, 0.2) is 76.7 Å². The number of para-hydroxylation sites is 1. The Labute approximate surface area is 210 Å². The van der Waals surface area contributed by atoms with Crippen LogP contribution in [0.25, 0.3) is 16.6 Å². The van der Waals surface area contributed by atoms with Gasteiger partial charge in [0.05, 0.1) is 22.3 Å². The average Bonchev–Trinajstić information content (AvgIpc) is 2.89. The van der Waals surface area contributed by atoms with E-state index in [-0.39, 0.29) is 17.1 Å². The Morgan fingerprint density at radius 1 is 0.971 bits per heavy atom. The van der Waals surface area contributed by atoms with Crippen molar-refractivity contribution in [1.82, 2.24) is 9.55 Å². The molecule has 0 saturated heterocycles. The van der Waals surface area contributed by atoms with E-state index in [2.05, 4.69) is 18.2 Å². The maximum absolute atomic E-state index is 13.5. The number of carbonyl (C=O) groups excluding carboxylic acids is 1. The van der Waals surface area contributed by atoms with E-state index in [9.17, 15) is 9.59 Å². The molecule has 0 spiro atoms. The summed E-state index contributed by atoms with van der Waals surface area (Å²) in [6, 6.07) is 21.5. The lowest BCUT2D eigenvalue weighted by molar-refractivity contribution is 0.102. The van der Waals surface area contributed by atoms with Gasteiger partial charge < -0.3 is 0 Å². The van der Waals surface area contributed by atoms with Crippen LogP contribution in [0.1, 0.15) is 65.1 Å². The van der Waals surface area contributed by atoms with Crippen LogP contribution < -0.4 is 5.56 Å².